The zero-order chi connectivity index (χ0) is 14.5. The molecule has 2 aromatic rings. The molecule has 0 aliphatic rings. The summed E-state index contributed by atoms with van der Waals surface area (Å²) < 4.78 is 4.94. The van der Waals surface area contributed by atoms with Crippen molar-refractivity contribution in [2.24, 2.45) is 0 Å². The molecule has 104 valence electrons. The van der Waals surface area contributed by atoms with Crippen molar-refractivity contribution < 1.29 is 14.6 Å². The minimum absolute atomic E-state index is 0.0575. The summed E-state index contributed by atoms with van der Waals surface area (Å²) in [4.78, 5) is 13.2. The number of anilines is 1. The van der Waals surface area contributed by atoms with Crippen LogP contribution in [0.2, 0.25) is 0 Å². The second-order valence-corrected chi connectivity index (χ2v) is 4.95. The Morgan fingerprint density at radius 2 is 1.90 bits per heavy atom. The fourth-order valence-corrected chi connectivity index (χ4v) is 2.12. The van der Waals surface area contributed by atoms with E-state index in [2.05, 4.69) is 5.32 Å². The average molecular weight is 289 g/mol. The highest BCUT2D eigenvalue weighted by atomic mass is 32.2. The number of methoxy groups -OCH3 is 1. The highest BCUT2D eigenvalue weighted by Crippen LogP contribution is 2.26. The van der Waals surface area contributed by atoms with Gasteiger partial charge in [0.25, 0.3) is 5.91 Å². The number of ether oxygens (including phenoxy) is 1. The lowest BCUT2D eigenvalue weighted by molar-refractivity contribution is 0.102. The van der Waals surface area contributed by atoms with E-state index in [4.69, 9.17) is 4.74 Å². The first-order valence-corrected chi connectivity index (χ1v) is 7.19. The van der Waals surface area contributed by atoms with Crippen LogP contribution in [0.3, 0.4) is 0 Å². The van der Waals surface area contributed by atoms with E-state index >= 15 is 0 Å². The Morgan fingerprint density at radius 1 is 1.20 bits per heavy atom. The molecule has 0 radical (unpaired) electrons. The van der Waals surface area contributed by atoms with Crippen LogP contribution in [0, 0.1) is 0 Å². The van der Waals surface area contributed by atoms with Crippen LogP contribution in [0.1, 0.15) is 10.4 Å². The second kappa shape index (κ2) is 6.34. The third kappa shape index (κ3) is 3.24. The molecule has 0 unspecified atom stereocenters. The van der Waals surface area contributed by atoms with Crippen LogP contribution in [-0.2, 0) is 0 Å². The smallest absolute Gasteiger partial charge is 0.255 e. The number of rotatable bonds is 4. The monoisotopic (exact) mass is 289 g/mol. The zero-order valence-electron chi connectivity index (χ0n) is 11.2. The van der Waals surface area contributed by atoms with Crippen LogP contribution in [0.5, 0.6) is 11.5 Å². The minimum Gasteiger partial charge on any atom is -0.504 e. The van der Waals surface area contributed by atoms with Gasteiger partial charge in [0.2, 0.25) is 0 Å². The number of phenolic OH excluding ortho intramolecular Hbond substituents is 1. The quantitative estimate of drug-likeness (QED) is 0.847. The molecule has 0 saturated carbocycles. The number of hydrogen-bond acceptors (Lipinski definition) is 4. The molecule has 0 atom stereocenters. The van der Waals surface area contributed by atoms with Gasteiger partial charge in [0, 0.05) is 16.1 Å². The van der Waals surface area contributed by atoms with Gasteiger partial charge in [-0.15, -0.1) is 11.8 Å². The van der Waals surface area contributed by atoms with E-state index < -0.39 is 0 Å². The Labute approximate surface area is 121 Å². The van der Waals surface area contributed by atoms with Crippen molar-refractivity contribution in [1.82, 2.24) is 0 Å². The topological polar surface area (TPSA) is 58.6 Å². The van der Waals surface area contributed by atoms with Crippen LogP contribution in [0.4, 0.5) is 5.69 Å². The fraction of sp³-hybridized carbons (Fsp3) is 0.133. The number of hydrogen-bond donors (Lipinski definition) is 2. The first kappa shape index (κ1) is 14.3. The molecule has 0 fully saturated rings. The highest BCUT2D eigenvalue weighted by Gasteiger charge is 2.09. The van der Waals surface area contributed by atoms with Gasteiger partial charge in [0.15, 0.2) is 11.5 Å². The molecule has 0 heterocycles. The molecule has 0 aromatic heterocycles. The van der Waals surface area contributed by atoms with Crippen molar-refractivity contribution >= 4 is 23.4 Å². The lowest BCUT2D eigenvalue weighted by Crippen LogP contribution is -2.11. The van der Waals surface area contributed by atoms with E-state index in [0.29, 0.717) is 17.0 Å². The summed E-state index contributed by atoms with van der Waals surface area (Å²) >= 11 is 1.64. The van der Waals surface area contributed by atoms with Gasteiger partial charge in [-0.1, -0.05) is 0 Å². The van der Waals surface area contributed by atoms with Crippen molar-refractivity contribution in [3.8, 4) is 11.5 Å². The first-order valence-electron chi connectivity index (χ1n) is 5.96. The standard InChI is InChI=1S/C15H15NO3S/c1-19-14-8-3-10(9-13(14)17)15(18)16-11-4-6-12(20-2)7-5-11/h3-9,17H,1-2H3,(H,16,18). The molecule has 0 aliphatic carbocycles. The molecule has 0 bridgehead atoms. The Bertz CT molecular complexity index is 611. The summed E-state index contributed by atoms with van der Waals surface area (Å²) in [7, 11) is 1.46. The maximum absolute atomic E-state index is 12.1. The SMILES string of the molecule is COc1ccc(C(=O)Nc2ccc(SC)cc2)cc1O. The van der Waals surface area contributed by atoms with Gasteiger partial charge in [-0.3, -0.25) is 4.79 Å². The van der Waals surface area contributed by atoms with Crippen LogP contribution >= 0.6 is 11.8 Å². The number of aromatic hydroxyl groups is 1. The van der Waals surface area contributed by atoms with Crippen molar-refractivity contribution in [1.29, 1.82) is 0 Å². The number of amides is 1. The third-order valence-electron chi connectivity index (χ3n) is 2.79. The number of phenols is 1. The van der Waals surface area contributed by atoms with Crippen LogP contribution in [0.25, 0.3) is 0 Å². The molecule has 0 saturated heterocycles. The number of thioether (sulfide) groups is 1. The molecular weight excluding hydrogens is 274 g/mol. The van der Waals surface area contributed by atoms with E-state index in [9.17, 15) is 9.90 Å². The predicted octanol–water partition coefficient (Wildman–Crippen LogP) is 3.38. The van der Waals surface area contributed by atoms with Crippen molar-refractivity contribution in [3.05, 3.63) is 48.0 Å². The molecule has 1 amide bonds. The Morgan fingerprint density at radius 3 is 2.45 bits per heavy atom. The van der Waals surface area contributed by atoms with E-state index in [-0.39, 0.29) is 11.7 Å². The highest BCUT2D eigenvalue weighted by molar-refractivity contribution is 7.98. The molecule has 2 rings (SSSR count). The number of nitrogens with one attached hydrogen (secondary N) is 1. The molecule has 0 spiro atoms. The molecule has 2 aromatic carbocycles. The normalized spacial score (nSPS) is 10.1. The zero-order valence-corrected chi connectivity index (χ0v) is 12.0. The molecular formula is C15H15NO3S. The van der Waals surface area contributed by atoms with E-state index in [0.717, 1.165) is 4.90 Å². The summed E-state index contributed by atoms with van der Waals surface area (Å²) in [5, 5.41) is 12.4. The Hall–Kier alpha value is -2.14. The number of carbonyl (C=O) groups is 1. The van der Waals surface area contributed by atoms with Gasteiger partial charge in [-0.05, 0) is 48.7 Å². The summed E-state index contributed by atoms with van der Waals surface area (Å²) in [5.74, 6) is 0.00334. The predicted molar refractivity (Wildman–Crippen MR) is 80.8 cm³/mol. The molecule has 5 heteroatoms. The maximum Gasteiger partial charge on any atom is 0.255 e. The molecule has 0 aliphatic heterocycles. The van der Waals surface area contributed by atoms with Gasteiger partial charge in [0.05, 0.1) is 7.11 Å². The van der Waals surface area contributed by atoms with Gasteiger partial charge in [0.1, 0.15) is 0 Å². The first-order chi connectivity index (χ1) is 9.63. The summed E-state index contributed by atoms with van der Waals surface area (Å²) in [6.45, 7) is 0. The van der Waals surface area contributed by atoms with Gasteiger partial charge in [-0.2, -0.15) is 0 Å². The average Bonchev–Trinajstić information content (AvgIpc) is 2.48. The summed E-state index contributed by atoms with van der Waals surface area (Å²) in [6.07, 6.45) is 1.99. The van der Waals surface area contributed by atoms with E-state index in [1.165, 1.54) is 13.2 Å². The van der Waals surface area contributed by atoms with Gasteiger partial charge in [-0.25, -0.2) is 0 Å². The van der Waals surface area contributed by atoms with Gasteiger partial charge >= 0.3 is 0 Å². The second-order valence-electron chi connectivity index (χ2n) is 4.07. The number of benzene rings is 2. The largest absolute Gasteiger partial charge is 0.504 e. The van der Waals surface area contributed by atoms with Crippen molar-refractivity contribution in [2.45, 2.75) is 4.90 Å². The maximum atomic E-state index is 12.1. The molecule has 2 N–H and O–H groups in total. The lowest BCUT2D eigenvalue weighted by Gasteiger charge is -2.08. The van der Waals surface area contributed by atoms with E-state index in [1.807, 2.05) is 30.5 Å². The van der Waals surface area contributed by atoms with Crippen molar-refractivity contribution in [3.63, 3.8) is 0 Å². The Kier molecular flexibility index (Phi) is 4.53. The summed E-state index contributed by atoms with van der Waals surface area (Å²) in [5.41, 5.74) is 1.08. The molecule has 4 nitrogen and oxygen atoms in total. The Balaban J connectivity index is 2.12. The van der Waals surface area contributed by atoms with Gasteiger partial charge < -0.3 is 15.2 Å². The molecule has 20 heavy (non-hydrogen) atoms. The van der Waals surface area contributed by atoms with Crippen LogP contribution in [-0.4, -0.2) is 24.4 Å². The van der Waals surface area contributed by atoms with Crippen LogP contribution < -0.4 is 10.1 Å². The minimum atomic E-state index is -0.278. The fourth-order valence-electron chi connectivity index (χ4n) is 1.71. The summed E-state index contributed by atoms with van der Waals surface area (Å²) in [6, 6.07) is 12.1. The van der Waals surface area contributed by atoms with E-state index in [1.54, 1.807) is 23.9 Å². The van der Waals surface area contributed by atoms with Crippen LogP contribution in [0.15, 0.2) is 47.4 Å². The number of carbonyl (C=O) groups excluding carboxylic acids is 1. The van der Waals surface area contributed by atoms with Crippen molar-refractivity contribution in [2.75, 3.05) is 18.7 Å². The lowest BCUT2D eigenvalue weighted by atomic mass is 10.2. The third-order valence-corrected chi connectivity index (χ3v) is 3.53.